The Morgan fingerprint density at radius 3 is 2.92 bits per heavy atom. The molecule has 0 aromatic heterocycles. The first-order valence-electron chi connectivity index (χ1n) is 4.22. The van der Waals surface area contributed by atoms with Gasteiger partial charge in [0.15, 0.2) is 0 Å². The van der Waals surface area contributed by atoms with E-state index in [1.807, 2.05) is 25.1 Å². The summed E-state index contributed by atoms with van der Waals surface area (Å²) in [6.07, 6.45) is 0. The highest BCUT2D eigenvalue weighted by molar-refractivity contribution is 5.33. The average Bonchev–Trinajstić information content (AvgIpc) is 2.04. The molecule has 0 fully saturated rings. The second-order valence-corrected chi connectivity index (χ2v) is 3.53. The van der Waals surface area contributed by atoms with Crippen LogP contribution >= 0.6 is 0 Å². The van der Waals surface area contributed by atoms with E-state index in [1.165, 1.54) is 5.56 Å². The van der Waals surface area contributed by atoms with E-state index >= 15 is 0 Å². The number of benzene rings is 1. The third-order valence-electron chi connectivity index (χ3n) is 2.38. The fourth-order valence-corrected chi connectivity index (χ4v) is 1.74. The van der Waals surface area contributed by atoms with Crippen LogP contribution < -0.4 is 5.32 Å². The van der Waals surface area contributed by atoms with E-state index in [0.29, 0.717) is 6.54 Å². The van der Waals surface area contributed by atoms with Crippen LogP contribution in [-0.2, 0) is 12.1 Å². The number of nitrogens with one attached hydrogen (secondary N) is 1. The molecule has 0 saturated heterocycles. The first-order valence-corrected chi connectivity index (χ1v) is 4.22. The van der Waals surface area contributed by atoms with Gasteiger partial charge in [-0.1, -0.05) is 24.3 Å². The van der Waals surface area contributed by atoms with Gasteiger partial charge in [0.05, 0.1) is 5.60 Å². The van der Waals surface area contributed by atoms with Crippen LogP contribution in [0.2, 0.25) is 0 Å². The second-order valence-electron chi connectivity index (χ2n) is 3.53. The maximum absolute atomic E-state index is 9.96. The van der Waals surface area contributed by atoms with E-state index in [2.05, 4.69) is 11.4 Å². The Balaban J connectivity index is 2.52. The third kappa shape index (κ3) is 1.13. The SMILES string of the molecule is C[C@]1(O)CNCc2ccccc21. The van der Waals surface area contributed by atoms with Crippen molar-refractivity contribution in [3.8, 4) is 0 Å². The Morgan fingerprint density at radius 2 is 2.17 bits per heavy atom. The van der Waals surface area contributed by atoms with Crippen molar-refractivity contribution < 1.29 is 5.11 Å². The predicted molar refractivity (Wildman–Crippen MR) is 47.7 cm³/mol. The molecule has 0 saturated carbocycles. The highest BCUT2D eigenvalue weighted by atomic mass is 16.3. The van der Waals surface area contributed by atoms with Gasteiger partial charge in [0.25, 0.3) is 0 Å². The lowest BCUT2D eigenvalue weighted by molar-refractivity contribution is 0.0488. The van der Waals surface area contributed by atoms with Gasteiger partial charge < -0.3 is 10.4 Å². The molecule has 0 unspecified atom stereocenters. The zero-order chi connectivity index (χ0) is 8.60. The maximum Gasteiger partial charge on any atom is 0.0995 e. The monoisotopic (exact) mass is 163 g/mol. The number of fused-ring (bicyclic) bond motifs is 1. The van der Waals surface area contributed by atoms with Crippen LogP contribution in [0, 0.1) is 0 Å². The van der Waals surface area contributed by atoms with Gasteiger partial charge in [-0.15, -0.1) is 0 Å². The molecule has 1 aromatic carbocycles. The van der Waals surface area contributed by atoms with Gasteiger partial charge in [-0.2, -0.15) is 0 Å². The maximum atomic E-state index is 9.96. The number of hydrogen-bond donors (Lipinski definition) is 2. The lowest BCUT2D eigenvalue weighted by Gasteiger charge is -2.31. The van der Waals surface area contributed by atoms with Crippen molar-refractivity contribution in [3.63, 3.8) is 0 Å². The minimum absolute atomic E-state index is 0.643. The molecule has 0 spiro atoms. The molecule has 0 radical (unpaired) electrons. The number of rotatable bonds is 0. The Labute approximate surface area is 72.2 Å². The largest absolute Gasteiger partial charge is 0.384 e. The van der Waals surface area contributed by atoms with Crippen molar-refractivity contribution in [1.82, 2.24) is 5.32 Å². The molecule has 1 aliphatic heterocycles. The molecule has 2 rings (SSSR count). The van der Waals surface area contributed by atoms with E-state index in [-0.39, 0.29) is 0 Å². The minimum Gasteiger partial charge on any atom is -0.384 e. The van der Waals surface area contributed by atoms with Crippen molar-refractivity contribution in [3.05, 3.63) is 35.4 Å². The second kappa shape index (κ2) is 2.57. The molecule has 1 atom stereocenters. The average molecular weight is 163 g/mol. The van der Waals surface area contributed by atoms with Crippen molar-refractivity contribution in [2.24, 2.45) is 0 Å². The fourth-order valence-electron chi connectivity index (χ4n) is 1.74. The van der Waals surface area contributed by atoms with E-state index in [4.69, 9.17) is 0 Å². The minimum atomic E-state index is -0.700. The highest BCUT2D eigenvalue weighted by Gasteiger charge is 2.28. The summed E-state index contributed by atoms with van der Waals surface area (Å²) in [5, 5.41) is 13.1. The van der Waals surface area contributed by atoms with Crippen LogP contribution in [0.5, 0.6) is 0 Å². The first kappa shape index (κ1) is 7.77. The van der Waals surface area contributed by atoms with Gasteiger partial charge in [0.2, 0.25) is 0 Å². The van der Waals surface area contributed by atoms with E-state index in [9.17, 15) is 5.11 Å². The van der Waals surface area contributed by atoms with Crippen molar-refractivity contribution in [2.45, 2.75) is 19.1 Å². The zero-order valence-electron chi connectivity index (χ0n) is 7.17. The first-order chi connectivity index (χ1) is 5.70. The van der Waals surface area contributed by atoms with Crippen molar-refractivity contribution in [2.75, 3.05) is 6.54 Å². The van der Waals surface area contributed by atoms with Gasteiger partial charge >= 0.3 is 0 Å². The van der Waals surface area contributed by atoms with Gasteiger partial charge in [-0.3, -0.25) is 0 Å². The standard InChI is InChI=1S/C10H13NO/c1-10(12)7-11-6-8-4-2-3-5-9(8)10/h2-5,11-12H,6-7H2,1H3/t10-/m0/s1. The molecule has 2 heteroatoms. The molecular weight excluding hydrogens is 150 g/mol. The van der Waals surface area contributed by atoms with Crippen LogP contribution in [0.15, 0.2) is 24.3 Å². The molecule has 1 aromatic rings. The molecule has 0 bridgehead atoms. The van der Waals surface area contributed by atoms with Crippen LogP contribution in [0.1, 0.15) is 18.1 Å². The molecule has 1 aliphatic rings. The summed E-state index contributed by atoms with van der Waals surface area (Å²) < 4.78 is 0. The number of β-amino-alcohol motifs (C(OH)–C–C–N with tert-alkyl or cyclic N) is 1. The zero-order valence-corrected chi connectivity index (χ0v) is 7.17. The molecule has 12 heavy (non-hydrogen) atoms. The van der Waals surface area contributed by atoms with Crippen LogP contribution in [0.4, 0.5) is 0 Å². The molecule has 0 aliphatic carbocycles. The smallest absolute Gasteiger partial charge is 0.0995 e. The Morgan fingerprint density at radius 1 is 1.42 bits per heavy atom. The van der Waals surface area contributed by atoms with E-state index in [0.717, 1.165) is 12.1 Å². The van der Waals surface area contributed by atoms with Gasteiger partial charge in [-0.25, -0.2) is 0 Å². The highest BCUT2D eigenvalue weighted by Crippen LogP contribution is 2.26. The van der Waals surface area contributed by atoms with Crippen LogP contribution in [0.25, 0.3) is 0 Å². The Kier molecular flexibility index (Phi) is 1.67. The Hall–Kier alpha value is -0.860. The number of hydrogen-bond acceptors (Lipinski definition) is 2. The number of aliphatic hydroxyl groups is 1. The lowest BCUT2D eigenvalue weighted by Crippen LogP contribution is -2.40. The van der Waals surface area contributed by atoms with Crippen LogP contribution in [0.3, 0.4) is 0 Å². The summed E-state index contributed by atoms with van der Waals surface area (Å²) in [5.41, 5.74) is 1.56. The van der Waals surface area contributed by atoms with Gasteiger partial charge in [0.1, 0.15) is 0 Å². The quantitative estimate of drug-likeness (QED) is 0.598. The predicted octanol–water partition coefficient (Wildman–Crippen LogP) is 0.997. The van der Waals surface area contributed by atoms with Crippen molar-refractivity contribution in [1.29, 1.82) is 0 Å². The molecule has 0 amide bonds. The molecule has 2 nitrogen and oxygen atoms in total. The molecule has 64 valence electrons. The molecular formula is C10H13NO. The summed E-state index contributed by atoms with van der Waals surface area (Å²) in [6, 6.07) is 8.02. The lowest BCUT2D eigenvalue weighted by atomic mass is 9.88. The molecule has 2 N–H and O–H groups in total. The van der Waals surface area contributed by atoms with E-state index < -0.39 is 5.60 Å². The molecule has 1 heterocycles. The van der Waals surface area contributed by atoms with Gasteiger partial charge in [0, 0.05) is 13.1 Å². The summed E-state index contributed by atoms with van der Waals surface area (Å²) in [6.45, 7) is 3.36. The van der Waals surface area contributed by atoms with Crippen LogP contribution in [-0.4, -0.2) is 11.7 Å². The fraction of sp³-hybridized carbons (Fsp3) is 0.400. The summed E-state index contributed by atoms with van der Waals surface area (Å²) in [4.78, 5) is 0. The van der Waals surface area contributed by atoms with E-state index in [1.54, 1.807) is 0 Å². The Bertz CT molecular complexity index is 294. The summed E-state index contributed by atoms with van der Waals surface area (Å²) in [7, 11) is 0. The van der Waals surface area contributed by atoms with Gasteiger partial charge in [-0.05, 0) is 18.1 Å². The summed E-state index contributed by atoms with van der Waals surface area (Å²) in [5.74, 6) is 0. The summed E-state index contributed by atoms with van der Waals surface area (Å²) >= 11 is 0. The normalized spacial score (nSPS) is 28.2. The third-order valence-corrected chi connectivity index (χ3v) is 2.38. The van der Waals surface area contributed by atoms with Crippen molar-refractivity contribution >= 4 is 0 Å². The topological polar surface area (TPSA) is 32.3 Å².